The quantitative estimate of drug-likeness (QED) is 0.478. The molecule has 0 amide bonds. The molecule has 0 aliphatic rings. The maximum absolute atomic E-state index is 12.9. The summed E-state index contributed by atoms with van der Waals surface area (Å²) in [6.45, 7) is -1.56. The summed E-state index contributed by atoms with van der Waals surface area (Å²) in [6.07, 6.45) is 0. The van der Waals surface area contributed by atoms with Crippen molar-refractivity contribution in [2.24, 2.45) is 0 Å². The topological polar surface area (TPSA) is 92.7 Å². The first kappa shape index (κ1) is 18.0. The minimum Gasteiger partial charge on any atom is -0.544 e. The van der Waals surface area contributed by atoms with Crippen molar-refractivity contribution in [3.8, 4) is 0 Å². The lowest BCUT2D eigenvalue weighted by Crippen LogP contribution is -2.64. The van der Waals surface area contributed by atoms with Gasteiger partial charge in [0.25, 0.3) is 0 Å². The number of aliphatic carboxylic acids is 1. The van der Waals surface area contributed by atoms with E-state index in [4.69, 9.17) is 0 Å². The summed E-state index contributed by atoms with van der Waals surface area (Å²) in [5.41, 5.74) is 0. The maximum Gasteiger partial charge on any atom is 0.411 e. The highest BCUT2D eigenvalue weighted by Crippen LogP contribution is 2.46. The van der Waals surface area contributed by atoms with Crippen LogP contribution >= 0.6 is 0 Å². The molecule has 0 radical (unpaired) electrons. The Balaban J connectivity index is 5.25. The summed E-state index contributed by atoms with van der Waals surface area (Å²) < 4.78 is 83.3. The molecule has 0 aromatic rings. The van der Waals surface area contributed by atoms with Crippen LogP contribution in [0.15, 0.2) is 0 Å². The van der Waals surface area contributed by atoms with Crippen LogP contribution in [0.4, 0.5) is 26.3 Å². The zero-order chi connectivity index (χ0) is 16.4. The highest BCUT2D eigenvalue weighted by atomic mass is 19.3. The molecule has 0 aromatic carbocycles. The van der Waals surface area contributed by atoms with Crippen molar-refractivity contribution < 1.29 is 55.3 Å². The van der Waals surface area contributed by atoms with Crippen LogP contribution in [-0.2, 0) is 23.9 Å². The molecule has 0 N–H and O–H groups in total. The number of ether oxygens (including phenoxy) is 2. The third-order valence-corrected chi connectivity index (χ3v) is 1.85. The minimum atomic E-state index is -6.63. The van der Waals surface area contributed by atoms with Crippen LogP contribution < -0.4 is 5.11 Å². The molecule has 0 heterocycles. The van der Waals surface area contributed by atoms with E-state index in [9.17, 15) is 45.8 Å². The van der Waals surface area contributed by atoms with Crippen molar-refractivity contribution in [2.45, 2.75) is 17.8 Å². The number of carboxylic acid groups (broad SMARTS) is 1. The van der Waals surface area contributed by atoms with Crippen LogP contribution in [-0.4, -0.2) is 49.4 Å². The average Bonchev–Trinajstić information content (AvgIpc) is 2.34. The first-order valence-electron chi connectivity index (χ1n) is 4.41. The number of alkyl halides is 6. The molecule has 0 rings (SSSR count). The van der Waals surface area contributed by atoms with Gasteiger partial charge in [-0.15, -0.1) is 0 Å². The summed E-state index contributed by atoms with van der Waals surface area (Å²) in [6, 6.07) is 0. The van der Waals surface area contributed by atoms with Gasteiger partial charge in [0.2, 0.25) is 0 Å². The Morgan fingerprint density at radius 2 is 1.45 bits per heavy atom. The Kier molecular flexibility index (Phi) is 4.99. The fourth-order valence-corrected chi connectivity index (χ4v) is 0.728. The van der Waals surface area contributed by atoms with E-state index >= 15 is 0 Å². The van der Waals surface area contributed by atoms with Crippen LogP contribution in [0.3, 0.4) is 0 Å². The van der Waals surface area contributed by atoms with Crippen LogP contribution in [0.2, 0.25) is 0 Å². The standard InChI is InChI=1S/C8H6F6O6/c1-19-3(15)2-20-5(18)7(11,12)8(13,14)6(9,10)4(16)17/h2H2,1H3,(H,16,17)/p-1. The Labute approximate surface area is 106 Å². The highest BCUT2D eigenvalue weighted by Gasteiger charge is 2.76. The number of carbonyl (C=O) groups excluding carboxylic acids is 3. The zero-order valence-electron chi connectivity index (χ0n) is 9.42. The fraction of sp³-hybridized carbons (Fsp3) is 0.625. The van der Waals surface area contributed by atoms with E-state index in [1.165, 1.54) is 0 Å². The van der Waals surface area contributed by atoms with Gasteiger partial charge in [0, 0.05) is 0 Å². The van der Waals surface area contributed by atoms with Crippen LogP contribution in [0.25, 0.3) is 0 Å². The van der Waals surface area contributed by atoms with Gasteiger partial charge in [-0.3, -0.25) is 0 Å². The first-order chi connectivity index (χ1) is 8.82. The molecular weight excluding hydrogens is 306 g/mol. The van der Waals surface area contributed by atoms with Gasteiger partial charge in [0.15, 0.2) is 6.61 Å². The second-order valence-corrected chi connectivity index (χ2v) is 3.16. The van der Waals surface area contributed by atoms with Crippen molar-refractivity contribution >= 4 is 17.9 Å². The molecule has 0 bridgehead atoms. The molecule has 12 heteroatoms. The Bertz CT molecular complexity index is 420. The van der Waals surface area contributed by atoms with Gasteiger partial charge >= 0.3 is 29.7 Å². The van der Waals surface area contributed by atoms with Crippen LogP contribution in [0.5, 0.6) is 0 Å². The molecular formula is C8H5F6O6-. The third kappa shape index (κ3) is 2.93. The van der Waals surface area contributed by atoms with Gasteiger partial charge in [-0.1, -0.05) is 0 Å². The number of rotatable bonds is 6. The number of hydrogen-bond acceptors (Lipinski definition) is 6. The smallest absolute Gasteiger partial charge is 0.411 e. The number of carbonyl (C=O) groups is 3. The van der Waals surface area contributed by atoms with Gasteiger partial charge in [0.1, 0.15) is 5.97 Å². The summed E-state index contributed by atoms with van der Waals surface area (Å²) >= 11 is 0. The van der Waals surface area contributed by atoms with E-state index < -0.39 is 42.3 Å². The highest BCUT2D eigenvalue weighted by molar-refractivity contribution is 5.84. The predicted octanol–water partition coefficient (Wildman–Crippen LogP) is -0.642. The first-order valence-corrected chi connectivity index (χ1v) is 4.41. The summed E-state index contributed by atoms with van der Waals surface area (Å²) in [5.74, 6) is -27.7. The van der Waals surface area contributed by atoms with Crippen molar-refractivity contribution in [1.29, 1.82) is 0 Å². The van der Waals surface area contributed by atoms with Crippen LogP contribution in [0, 0.1) is 0 Å². The lowest BCUT2D eigenvalue weighted by atomic mass is 10.0. The van der Waals surface area contributed by atoms with Crippen molar-refractivity contribution in [3.63, 3.8) is 0 Å². The summed E-state index contributed by atoms with van der Waals surface area (Å²) in [5, 5.41) is 9.75. The van der Waals surface area contributed by atoms with Crippen LogP contribution in [0.1, 0.15) is 0 Å². The number of halogens is 6. The van der Waals surface area contributed by atoms with Crippen molar-refractivity contribution in [3.05, 3.63) is 0 Å². The van der Waals surface area contributed by atoms with Crippen molar-refractivity contribution in [1.82, 2.24) is 0 Å². The van der Waals surface area contributed by atoms with E-state index in [0.29, 0.717) is 0 Å². The molecule has 6 nitrogen and oxygen atoms in total. The largest absolute Gasteiger partial charge is 0.544 e. The average molecular weight is 311 g/mol. The number of methoxy groups -OCH3 is 1. The number of hydrogen-bond donors (Lipinski definition) is 0. The zero-order valence-corrected chi connectivity index (χ0v) is 9.42. The van der Waals surface area contributed by atoms with E-state index in [1.807, 2.05) is 0 Å². The maximum atomic E-state index is 12.9. The molecule has 0 saturated heterocycles. The Morgan fingerprint density at radius 1 is 1.00 bits per heavy atom. The molecule has 0 aliphatic carbocycles. The van der Waals surface area contributed by atoms with E-state index in [2.05, 4.69) is 9.47 Å². The normalized spacial score (nSPS) is 12.8. The molecule has 0 spiro atoms. The molecule has 20 heavy (non-hydrogen) atoms. The molecule has 0 fully saturated rings. The fourth-order valence-electron chi connectivity index (χ4n) is 0.728. The second-order valence-electron chi connectivity index (χ2n) is 3.16. The Morgan fingerprint density at radius 3 is 1.80 bits per heavy atom. The predicted molar refractivity (Wildman–Crippen MR) is 42.8 cm³/mol. The molecule has 0 aromatic heterocycles. The van der Waals surface area contributed by atoms with Gasteiger partial charge in [-0.25, -0.2) is 9.59 Å². The lowest BCUT2D eigenvalue weighted by molar-refractivity contribution is -0.366. The number of esters is 2. The SMILES string of the molecule is COC(=O)COC(=O)C(F)(F)C(F)(F)C(F)(F)C(=O)[O-]. The minimum absolute atomic E-state index is 0.729. The monoisotopic (exact) mass is 311 g/mol. The van der Waals surface area contributed by atoms with Crippen molar-refractivity contribution in [2.75, 3.05) is 13.7 Å². The Hall–Kier alpha value is -2.01. The molecule has 0 aliphatic heterocycles. The summed E-state index contributed by atoms with van der Waals surface area (Å²) in [7, 11) is 0.729. The lowest BCUT2D eigenvalue weighted by Gasteiger charge is -2.31. The molecule has 0 saturated carbocycles. The van der Waals surface area contributed by atoms with E-state index in [0.717, 1.165) is 7.11 Å². The van der Waals surface area contributed by atoms with E-state index in [-0.39, 0.29) is 0 Å². The summed E-state index contributed by atoms with van der Waals surface area (Å²) in [4.78, 5) is 30.8. The van der Waals surface area contributed by atoms with Gasteiger partial charge in [0.05, 0.1) is 7.11 Å². The molecule has 116 valence electrons. The second kappa shape index (κ2) is 5.54. The van der Waals surface area contributed by atoms with Gasteiger partial charge < -0.3 is 19.4 Å². The van der Waals surface area contributed by atoms with Gasteiger partial charge in [-0.2, -0.15) is 26.3 Å². The molecule has 0 unspecified atom stereocenters. The molecule has 0 atom stereocenters. The van der Waals surface area contributed by atoms with Gasteiger partial charge in [-0.05, 0) is 0 Å². The number of carboxylic acids is 1. The van der Waals surface area contributed by atoms with E-state index in [1.54, 1.807) is 0 Å². The third-order valence-electron chi connectivity index (χ3n) is 1.85.